The highest BCUT2D eigenvalue weighted by Gasteiger charge is 2.43. The second-order valence-electron chi connectivity index (χ2n) is 6.75. The van der Waals surface area contributed by atoms with Gasteiger partial charge in [0, 0.05) is 0 Å². The van der Waals surface area contributed by atoms with Crippen LogP contribution < -0.4 is 10.0 Å². The lowest BCUT2D eigenvalue weighted by Gasteiger charge is -2.30. The molecule has 9 heteroatoms. The smallest absolute Gasteiger partial charge is 0.354 e. The largest absolute Gasteiger partial charge is 0.464 e. The molecule has 1 aromatic heterocycles. The van der Waals surface area contributed by atoms with Crippen LogP contribution in [-0.4, -0.2) is 26.9 Å². The molecule has 2 heterocycles. The average Bonchev–Trinajstić information content (AvgIpc) is 2.95. The Kier molecular flexibility index (Phi) is 4.99. The summed E-state index contributed by atoms with van der Waals surface area (Å²) in [6.07, 6.45) is 0. The third-order valence-corrected chi connectivity index (χ3v) is 4.97. The monoisotopic (exact) mass is 370 g/mol. The number of nitrogens with one attached hydrogen (secondary N) is 2. The van der Waals surface area contributed by atoms with Crippen molar-refractivity contribution in [2.45, 2.75) is 40.7 Å². The molecule has 0 unspecified atom stereocenters. The topological polar surface area (TPSA) is 115 Å². The van der Waals surface area contributed by atoms with E-state index in [0.717, 1.165) is 0 Å². The number of hydrogen-bond acceptors (Lipinski definition) is 7. The molecule has 0 bridgehead atoms. The van der Waals surface area contributed by atoms with Gasteiger partial charge in [0.2, 0.25) is 4.91 Å². The van der Waals surface area contributed by atoms with Gasteiger partial charge in [0.15, 0.2) is 0 Å². The summed E-state index contributed by atoms with van der Waals surface area (Å²) in [5.41, 5.74) is -0.781. The third kappa shape index (κ3) is 3.87. The summed E-state index contributed by atoms with van der Waals surface area (Å²) in [6, 6.07) is 2.96. The maximum Gasteiger partial charge on any atom is 0.354 e. The van der Waals surface area contributed by atoms with Crippen LogP contribution in [0.3, 0.4) is 0 Å². The molecule has 1 aliphatic heterocycles. The lowest BCUT2D eigenvalue weighted by atomic mass is 9.85. The molecular weight excluding hydrogens is 348 g/mol. The summed E-state index contributed by atoms with van der Waals surface area (Å²) in [5.74, 6) is -0.779. The maximum absolute atomic E-state index is 12.2. The first-order chi connectivity index (χ1) is 11.5. The number of hydrogen-bond donors (Lipinski definition) is 2. The number of carbonyl (C=O) groups is 2. The molecule has 2 rings (SSSR count). The SMILES string of the molecule is CCOC(=O)C1=C(N[C@@H](c2ccc(C)o2)C(C)(C)C)C(=O)NS1(=O)=O. The van der Waals surface area contributed by atoms with Crippen molar-refractivity contribution in [3.05, 3.63) is 34.3 Å². The van der Waals surface area contributed by atoms with Gasteiger partial charge in [0.05, 0.1) is 12.6 Å². The van der Waals surface area contributed by atoms with Crippen LogP contribution in [0.25, 0.3) is 0 Å². The molecule has 2 N–H and O–H groups in total. The second kappa shape index (κ2) is 6.55. The molecule has 25 heavy (non-hydrogen) atoms. The molecule has 0 aromatic carbocycles. The molecule has 1 aliphatic rings. The molecule has 1 atom stereocenters. The van der Waals surface area contributed by atoms with Gasteiger partial charge in [-0.2, -0.15) is 0 Å². The summed E-state index contributed by atoms with van der Waals surface area (Å²) in [4.78, 5) is 23.5. The van der Waals surface area contributed by atoms with Crippen molar-refractivity contribution in [1.82, 2.24) is 10.0 Å². The fourth-order valence-electron chi connectivity index (χ4n) is 2.47. The first kappa shape index (κ1) is 19.0. The zero-order chi connectivity index (χ0) is 19.0. The normalized spacial score (nSPS) is 18.0. The Morgan fingerprint density at radius 2 is 2.00 bits per heavy atom. The quantitative estimate of drug-likeness (QED) is 0.755. The van der Waals surface area contributed by atoms with Crippen molar-refractivity contribution in [2.75, 3.05) is 6.61 Å². The predicted molar refractivity (Wildman–Crippen MR) is 89.5 cm³/mol. The fourth-order valence-corrected chi connectivity index (χ4v) is 3.62. The maximum atomic E-state index is 12.2. The lowest BCUT2D eigenvalue weighted by molar-refractivity contribution is -0.137. The highest BCUT2D eigenvalue weighted by atomic mass is 32.2. The van der Waals surface area contributed by atoms with E-state index in [1.54, 1.807) is 26.0 Å². The highest BCUT2D eigenvalue weighted by molar-refractivity contribution is 7.95. The minimum absolute atomic E-state index is 0.0145. The van der Waals surface area contributed by atoms with E-state index in [1.807, 2.05) is 25.5 Å². The Bertz CT molecular complexity index is 829. The standard InChI is InChI=1S/C16H22N2O6S/c1-6-23-15(20)12-11(14(19)18-25(12,21)22)17-13(16(3,4)5)10-8-7-9(2)24-10/h7-8,13,17H,6H2,1-5H3,(H,18,19)/t13-/m0/s1. The van der Waals surface area contributed by atoms with Crippen LogP contribution in [0.4, 0.5) is 0 Å². The van der Waals surface area contributed by atoms with Crippen molar-refractivity contribution in [3.8, 4) is 0 Å². The molecular formula is C16H22N2O6S. The van der Waals surface area contributed by atoms with Crippen molar-refractivity contribution in [3.63, 3.8) is 0 Å². The number of ether oxygens (including phenoxy) is 1. The minimum atomic E-state index is -4.26. The summed E-state index contributed by atoms with van der Waals surface area (Å²) in [5, 5.41) is 2.87. The number of sulfonamides is 1. The van der Waals surface area contributed by atoms with Gasteiger partial charge in [-0.1, -0.05) is 20.8 Å². The number of furan rings is 1. The van der Waals surface area contributed by atoms with E-state index < -0.39 is 38.3 Å². The summed E-state index contributed by atoms with van der Waals surface area (Å²) >= 11 is 0. The number of esters is 1. The average molecular weight is 370 g/mol. The van der Waals surface area contributed by atoms with Crippen LogP contribution in [-0.2, 0) is 24.3 Å². The van der Waals surface area contributed by atoms with E-state index >= 15 is 0 Å². The number of carbonyl (C=O) groups excluding carboxylic acids is 2. The van der Waals surface area contributed by atoms with E-state index in [2.05, 4.69) is 5.32 Å². The van der Waals surface area contributed by atoms with Crippen LogP contribution in [0.1, 0.15) is 45.3 Å². The van der Waals surface area contributed by atoms with Gasteiger partial charge in [-0.25, -0.2) is 17.9 Å². The molecule has 8 nitrogen and oxygen atoms in total. The minimum Gasteiger partial charge on any atom is -0.464 e. The van der Waals surface area contributed by atoms with E-state index in [4.69, 9.17) is 9.15 Å². The van der Waals surface area contributed by atoms with E-state index in [9.17, 15) is 18.0 Å². The van der Waals surface area contributed by atoms with Crippen LogP contribution >= 0.6 is 0 Å². The van der Waals surface area contributed by atoms with E-state index in [-0.39, 0.29) is 12.3 Å². The van der Waals surface area contributed by atoms with Crippen LogP contribution in [0.15, 0.2) is 27.2 Å². The van der Waals surface area contributed by atoms with Crippen molar-refractivity contribution >= 4 is 21.9 Å². The predicted octanol–water partition coefficient (Wildman–Crippen LogP) is 1.50. The molecule has 1 amide bonds. The zero-order valence-electron chi connectivity index (χ0n) is 14.8. The number of rotatable bonds is 5. The van der Waals surface area contributed by atoms with E-state index in [1.165, 1.54) is 0 Å². The van der Waals surface area contributed by atoms with Gasteiger partial charge >= 0.3 is 5.97 Å². The number of amides is 1. The van der Waals surface area contributed by atoms with Crippen molar-refractivity contribution in [2.24, 2.45) is 5.41 Å². The zero-order valence-corrected chi connectivity index (χ0v) is 15.6. The summed E-state index contributed by atoms with van der Waals surface area (Å²) in [7, 11) is -4.26. The fraction of sp³-hybridized carbons (Fsp3) is 0.500. The molecule has 0 spiro atoms. The molecule has 0 fully saturated rings. The van der Waals surface area contributed by atoms with Gasteiger partial charge in [-0.15, -0.1) is 0 Å². The Morgan fingerprint density at radius 3 is 2.48 bits per heavy atom. The Morgan fingerprint density at radius 1 is 1.36 bits per heavy atom. The highest BCUT2D eigenvalue weighted by Crippen LogP contribution is 2.35. The summed E-state index contributed by atoms with van der Waals surface area (Å²) < 4.78 is 36.5. The third-order valence-electron chi connectivity index (χ3n) is 3.61. The Balaban J connectivity index is 2.53. The van der Waals surface area contributed by atoms with Gasteiger partial charge in [0.25, 0.3) is 15.9 Å². The lowest BCUT2D eigenvalue weighted by Crippen LogP contribution is -2.35. The molecule has 0 radical (unpaired) electrons. The van der Waals surface area contributed by atoms with Gasteiger partial charge in [-0.3, -0.25) is 4.79 Å². The van der Waals surface area contributed by atoms with Crippen LogP contribution in [0.2, 0.25) is 0 Å². The number of aryl methyl sites for hydroxylation is 1. The van der Waals surface area contributed by atoms with Gasteiger partial charge < -0.3 is 14.5 Å². The van der Waals surface area contributed by atoms with Crippen molar-refractivity contribution < 1.29 is 27.2 Å². The molecule has 0 aliphatic carbocycles. The Labute approximate surface area is 146 Å². The first-order valence-electron chi connectivity index (χ1n) is 7.78. The molecule has 1 aromatic rings. The van der Waals surface area contributed by atoms with Gasteiger partial charge in [-0.05, 0) is 31.4 Å². The first-order valence-corrected chi connectivity index (χ1v) is 9.27. The van der Waals surface area contributed by atoms with Crippen molar-refractivity contribution in [1.29, 1.82) is 0 Å². The van der Waals surface area contributed by atoms with E-state index in [0.29, 0.717) is 11.5 Å². The summed E-state index contributed by atoms with van der Waals surface area (Å²) in [6.45, 7) is 9.00. The van der Waals surface area contributed by atoms with Crippen LogP contribution in [0.5, 0.6) is 0 Å². The van der Waals surface area contributed by atoms with Crippen LogP contribution in [0, 0.1) is 12.3 Å². The second-order valence-corrected chi connectivity index (χ2v) is 8.37. The Hall–Kier alpha value is -2.29. The molecule has 138 valence electrons. The van der Waals surface area contributed by atoms with Gasteiger partial charge in [0.1, 0.15) is 17.2 Å². The molecule has 0 saturated heterocycles. The molecule has 0 saturated carbocycles.